The van der Waals surface area contributed by atoms with Crippen LogP contribution in [0.25, 0.3) is 0 Å². The van der Waals surface area contributed by atoms with E-state index < -0.39 is 30.1 Å². The molecule has 176 valence electrons. The van der Waals surface area contributed by atoms with Crippen LogP contribution >= 0.6 is 11.3 Å². The lowest BCUT2D eigenvalue weighted by Gasteiger charge is -2.24. The molecule has 9 nitrogen and oxygen atoms in total. The highest BCUT2D eigenvalue weighted by Gasteiger charge is 2.42. The minimum Gasteiger partial charge on any atom is -0.480 e. The molecule has 0 bridgehead atoms. The fraction of sp³-hybridized carbons (Fsp3) is 0.421. The lowest BCUT2D eigenvalue weighted by atomic mass is 10.0. The molecule has 2 unspecified atom stereocenters. The zero-order chi connectivity index (χ0) is 23.8. The van der Waals surface area contributed by atoms with Gasteiger partial charge in [-0.05, 0) is 23.4 Å². The Morgan fingerprint density at radius 1 is 1.21 bits per heavy atom. The van der Waals surface area contributed by atoms with Crippen LogP contribution in [0.3, 0.4) is 0 Å². The fourth-order valence-electron chi connectivity index (χ4n) is 4.03. The number of halogens is 4. The number of benzene rings is 1. The molecule has 2 atom stereocenters. The van der Waals surface area contributed by atoms with Crippen molar-refractivity contribution in [2.24, 2.45) is 33.0 Å². The van der Waals surface area contributed by atoms with Gasteiger partial charge < -0.3 is 20.6 Å². The molecule has 1 aromatic carbocycles. The zero-order valence-corrected chi connectivity index (χ0v) is 17.9. The van der Waals surface area contributed by atoms with E-state index in [0.29, 0.717) is 36.2 Å². The van der Waals surface area contributed by atoms with Crippen molar-refractivity contribution in [3.05, 3.63) is 40.7 Å². The van der Waals surface area contributed by atoms with Gasteiger partial charge in [-0.15, -0.1) is 5.10 Å². The van der Waals surface area contributed by atoms with Gasteiger partial charge in [0.25, 0.3) is 0 Å². The van der Waals surface area contributed by atoms with Crippen molar-refractivity contribution in [3.8, 4) is 0 Å². The molecule has 0 aliphatic carbocycles. The Kier molecular flexibility index (Phi) is 6.19. The number of thiazole rings is 1. The van der Waals surface area contributed by atoms with Crippen molar-refractivity contribution in [1.29, 1.82) is 0 Å². The van der Waals surface area contributed by atoms with Crippen molar-refractivity contribution >= 4 is 34.0 Å². The smallest absolute Gasteiger partial charge is 0.416 e. The van der Waals surface area contributed by atoms with Crippen molar-refractivity contribution in [2.75, 3.05) is 42.5 Å². The average Bonchev–Trinajstić information content (AvgIpc) is 3.44. The summed E-state index contributed by atoms with van der Waals surface area (Å²) in [5, 5.41) is 19.6. The highest BCUT2D eigenvalue weighted by molar-refractivity contribution is 7.17. The predicted molar refractivity (Wildman–Crippen MR) is 113 cm³/mol. The maximum Gasteiger partial charge on any atom is 0.416 e. The minimum atomic E-state index is -4.53. The first-order valence-corrected chi connectivity index (χ1v) is 10.7. The summed E-state index contributed by atoms with van der Waals surface area (Å²) in [4.78, 5) is 19.0. The number of carbonyl (C=O) groups is 1. The van der Waals surface area contributed by atoms with E-state index in [9.17, 15) is 22.4 Å². The van der Waals surface area contributed by atoms with Crippen LogP contribution in [0.1, 0.15) is 10.4 Å². The standard InChI is InChI=1S/C19H19F4N7O2S/c20-13-2-1-12(19(21,22)23)3-14(13)29-6-10-8-30(9-11(10)7-29)18-25-4-15(33-18)17(24)27-28-26-5-16(31)32/h1-4,10-11H,5-9H2,(H,31,32)(H2,24,26,27). The Balaban J connectivity index is 1.39. The van der Waals surface area contributed by atoms with E-state index in [1.54, 1.807) is 4.90 Å². The second-order valence-electron chi connectivity index (χ2n) is 7.77. The zero-order valence-electron chi connectivity index (χ0n) is 17.0. The van der Waals surface area contributed by atoms with E-state index in [0.717, 1.165) is 18.2 Å². The van der Waals surface area contributed by atoms with Crippen molar-refractivity contribution in [1.82, 2.24) is 4.98 Å². The van der Waals surface area contributed by atoms with Gasteiger partial charge in [0.15, 0.2) is 17.5 Å². The first-order valence-electron chi connectivity index (χ1n) is 9.86. The summed E-state index contributed by atoms with van der Waals surface area (Å²) in [6, 6.07) is 2.49. The molecule has 0 radical (unpaired) electrons. The molecule has 33 heavy (non-hydrogen) atoms. The van der Waals surface area contributed by atoms with Crippen LogP contribution in [0.5, 0.6) is 0 Å². The molecule has 2 fully saturated rings. The molecule has 14 heteroatoms. The number of amidine groups is 1. The minimum absolute atomic E-state index is 0.0247. The third-order valence-corrected chi connectivity index (χ3v) is 6.62. The number of aromatic nitrogens is 1. The molecule has 0 spiro atoms. The van der Waals surface area contributed by atoms with Crippen LogP contribution in [0.15, 0.2) is 39.8 Å². The maximum atomic E-state index is 14.3. The molecule has 2 aliphatic heterocycles. The summed E-state index contributed by atoms with van der Waals surface area (Å²) >= 11 is 1.29. The first-order chi connectivity index (χ1) is 15.6. The average molecular weight is 485 g/mol. The molecule has 4 rings (SSSR count). The van der Waals surface area contributed by atoms with Gasteiger partial charge in [-0.1, -0.05) is 11.3 Å². The lowest BCUT2D eigenvalue weighted by molar-refractivity contribution is -0.137. The van der Waals surface area contributed by atoms with Gasteiger partial charge in [-0.3, -0.25) is 4.79 Å². The molecule has 3 N–H and O–H groups in total. The number of nitrogens with zero attached hydrogens (tertiary/aromatic N) is 6. The quantitative estimate of drug-likeness (QED) is 0.213. The number of carboxylic acid groups (broad SMARTS) is 1. The van der Waals surface area contributed by atoms with Crippen LogP contribution in [0, 0.1) is 17.7 Å². The molecule has 2 aliphatic rings. The molecule has 3 heterocycles. The van der Waals surface area contributed by atoms with Gasteiger partial charge in [-0.2, -0.15) is 18.3 Å². The Morgan fingerprint density at radius 2 is 1.88 bits per heavy atom. The molecule has 1 aromatic heterocycles. The van der Waals surface area contributed by atoms with Crippen molar-refractivity contribution in [3.63, 3.8) is 0 Å². The van der Waals surface area contributed by atoms with E-state index in [1.807, 2.05) is 0 Å². The molecule has 0 saturated carbocycles. The van der Waals surface area contributed by atoms with Crippen LogP contribution in [0.2, 0.25) is 0 Å². The van der Waals surface area contributed by atoms with Gasteiger partial charge in [0.1, 0.15) is 5.82 Å². The summed E-state index contributed by atoms with van der Waals surface area (Å²) in [5.41, 5.74) is 4.94. The van der Waals surface area contributed by atoms with E-state index in [4.69, 9.17) is 10.8 Å². The Labute approximate surface area is 189 Å². The summed E-state index contributed by atoms with van der Waals surface area (Å²) in [6.07, 6.45) is -3.00. The van der Waals surface area contributed by atoms with Crippen LogP contribution in [-0.4, -0.2) is 54.6 Å². The van der Waals surface area contributed by atoms with E-state index in [-0.39, 0.29) is 23.4 Å². The number of fused-ring (bicyclic) bond motifs is 1. The van der Waals surface area contributed by atoms with Gasteiger partial charge in [0, 0.05) is 38.0 Å². The Bertz CT molecular complexity index is 1090. The molecule has 2 saturated heterocycles. The SMILES string of the molecule is N/C(=N\N=NCC(=O)O)c1cnc(N2CC3CN(c4cc(C(F)(F)F)ccc4F)CC3C2)s1. The van der Waals surface area contributed by atoms with Crippen LogP contribution in [0.4, 0.5) is 28.4 Å². The fourth-order valence-corrected chi connectivity index (χ4v) is 4.86. The number of rotatable bonds is 6. The number of hydrogen-bond acceptors (Lipinski definition) is 7. The van der Waals surface area contributed by atoms with E-state index in [2.05, 4.69) is 25.3 Å². The van der Waals surface area contributed by atoms with Crippen molar-refractivity contribution in [2.45, 2.75) is 6.18 Å². The summed E-state index contributed by atoms with van der Waals surface area (Å²) in [7, 11) is 0. The Hall–Kier alpha value is -3.29. The molecule has 2 aromatic rings. The van der Waals surface area contributed by atoms with Crippen LogP contribution < -0.4 is 15.5 Å². The maximum absolute atomic E-state index is 14.3. The third-order valence-electron chi connectivity index (χ3n) is 5.54. The number of aliphatic carboxylic acids is 1. The second-order valence-corrected chi connectivity index (χ2v) is 8.78. The highest BCUT2D eigenvalue weighted by atomic mass is 32.1. The number of nitrogens with two attached hydrogens (primary N) is 1. The number of alkyl halides is 3. The predicted octanol–water partition coefficient (Wildman–Crippen LogP) is 3.03. The molecular weight excluding hydrogens is 466 g/mol. The third kappa shape index (κ3) is 5.05. The normalized spacial score (nSPS) is 21.3. The number of hydrogen-bond donors (Lipinski definition) is 2. The van der Waals surface area contributed by atoms with Gasteiger partial charge >= 0.3 is 12.1 Å². The van der Waals surface area contributed by atoms with Crippen LogP contribution in [-0.2, 0) is 11.0 Å². The number of anilines is 2. The second kappa shape index (κ2) is 8.92. The summed E-state index contributed by atoms with van der Waals surface area (Å²) < 4.78 is 53.3. The van der Waals surface area contributed by atoms with Crippen molar-refractivity contribution < 1.29 is 27.5 Å². The van der Waals surface area contributed by atoms with E-state index in [1.165, 1.54) is 17.5 Å². The summed E-state index contributed by atoms with van der Waals surface area (Å²) in [5.74, 6) is -1.44. The Morgan fingerprint density at radius 3 is 2.52 bits per heavy atom. The van der Waals surface area contributed by atoms with E-state index >= 15 is 0 Å². The first kappa shape index (κ1) is 22.9. The molecular formula is C19H19F4N7O2S. The highest BCUT2D eigenvalue weighted by Crippen LogP contribution is 2.39. The topological polar surface area (TPSA) is 120 Å². The van der Waals surface area contributed by atoms with Gasteiger partial charge in [-0.25, -0.2) is 9.37 Å². The molecule has 0 amide bonds. The summed E-state index contributed by atoms with van der Waals surface area (Å²) in [6.45, 7) is 1.65. The largest absolute Gasteiger partial charge is 0.480 e. The van der Waals surface area contributed by atoms with Gasteiger partial charge in [0.2, 0.25) is 0 Å². The lowest BCUT2D eigenvalue weighted by Crippen LogP contribution is -2.29. The van der Waals surface area contributed by atoms with Gasteiger partial charge in [0.05, 0.1) is 22.3 Å². The number of carboxylic acids is 1. The monoisotopic (exact) mass is 485 g/mol.